The number of fused-ring (bicyclic) bond motifs is 1. The zero-order valence-corrected chi connectivity index (χ0v) is 21.4. The minimum atomic E-state index is -0.0614. The average Bonchev–Trinajstić information content (AvgIpc) is 3.30. The Morgan fingerprint density at radius 2 is 1.72 bits per heavy atom. The van der Waals surface area contributed by atoms with E-state index in [0.29, 0.717) is 18.2 Å². The highest BCUT2D eigenvalue weighted by atomic mass is 35.5. The van der Waals surface area contributed by atoms with Crippen LogP contribution in [0, 0.1) is 0 Å². The fourth-order valence-corrected chi connectivity index (χ4v) is 5.78. The van der Waals surface area contributed by atoms with Crippen molar-refractivity contribution in [3.8, 4) is 5.75 Å². The fraction of sp³-hybridized carbons (Fsp3) is 0.200. The van der Waals surface area contributed by atoms with Crippen molar-refractivity contribution in [2.45, 2.75) is 38.8 Å². The van der Waals surface area contributed by atoms with E-state index in [1.54, 1.807) is 17.6 Å². The highest BCUT2D eigenvalue weighted by molar-refractivity contribution is 7.16. The van der Waals surface area contributed by atoms with E-state index in [2.05, 4.69) is 5.32 Å². The van der Waals surface area contributed by atoms with Crippen LogP contribution in [0.1, 0.15) is 50.3 Å². The lowest BCUT2D eigenvalue weighted by Gasteiger charge is -2.13. The summed E-state index contributed by atoms with van der Waals surface area (Å²) >= 11 is 7.92. The van der Waals surface area contributed by atoms with Gasteiger partial charge >= 0.3 is 0 Å². The van der Waals surface area contributed by atoms with Gasteiger partial charge < -0.3 is 10.1 Å². The first-order valence-corrected chi connectivity index (χ1v) is 13.3. The van der Waals surface area contributed by atoms with Crippen molar-refractivity contribution in [1.29, 1.82) is 0 Å². The van der Waals surface area contributed by atoms with Gasteiger partial charge in [-0.1, -0.05) is 72.3 Å². The zero-order valence-electron chi connectivity index (χ0n) is 19.9. The number of amides is 1. The lowest BCUT2D eigenvalue weighted by Crippen LogP contribution is -2.24. The van der Waals surface area contributed by atoms with Crippen molar-refractivity contribution in [3.05, 3.63) is 117 Å². The minimum absolute atomic E-state index is 0.0614. The Bertz CT molecular complexity index is 1380. The molecular formula is C30H27ClN2O2S. The molecule has 4 aromatic rings. The molecule has 1 aromatic heterocycles. The van der Waals surface area contributed by atoms with Gasteiger partial charge in [0.15, 0.2) is 0 Å². The Hall–Kier alpha value is -3.41. The maximum absolute atomic E-state index is 13.3. The van der Waals surface area contributed by atoms with Gasteiger partial charge in [-0.15, -0.1) is 11.3 Å². The lowest BCUT2D eigenvalue weighted by molar-refractivity contribution is 0.0951. The highest BCUT2D eigenvalue weighted by Gasteiger charge is 2.25. The molecule has 4 nitrogen and oxygen atoms in total. The lowest BCUT2D eigenvalue weighted by atomic mass is 9.95. The van der Waals surface area contributed by atoms with Crippen LogP contribution in [0.25, 0.3) is 0 Å². The summed E-state index contributed by atoms with van der Waals surface area (Å²) in [6.45, 7) is 0.858. The molecule has 0 unspecified atom stereocenters. The Morgan fingerprint density at radius 3 is 2.58 bits per heavy atom. The predicted octanol–water partition coefficient (Wildman–Crippen LogP) is 7.54. The number of nitrogens with zero attached hydrogens (tertiary/aromatic N) is 1. The van der Waals surface area contributed by atoms with Gasteiger partial charge in [0.05, 0.1) is 5.56 Å². The quantitative estimate of drug-likeness (QED) is 0.247. The summed E-state index contributed by atoms with van der Waals surface area (Å²) in [6.07, 6.45) is 5.98. The van der Waals surface area contributed by atoms with E-state index in [1.165, 1.54) is 4.88 Å². The van der Waals surface area contributed by atoms with Gasteiger partial charge in [-0.05, 0) is 55.0 Å². The molecule has 5 rings (SSSR count). The van der Waals surface area contributed by atoms with Crippen LogP contribution in [0.4, 0.5) is 5.00 Å². The largest absolute Gasteiger partial charge is 0.488 e. The number of ether oxygens (including phenoxy) is 1. The number of thiophene rings is 1. The summed E-state index contributed by atoms with van der Waals surface area (Å²) in [5.41, 5.74) is 4.73. The molecular weight excluding hydrogens is 488 g/mol. The molecule has 0 saturated carbocycles. The summed E-state index contributed by atoms with van der Waals surface area (Å²) in [5.74, 6) is 0.659. The summed E-state index contributed by atoms with van der Waals surface area (Å²) in [5, 5.41) is 4.54. The van der Waals surface area contributed by atoms with Crippen LogP contribution in [0.2, 0.25) is 5.02 Å². The Balaban J connectivity index is 1.38. The van der Waals surface area contributed by atoms with Gasteiger partial charge in [-0.25, -0.2) is 4.99 Å². The molecule has 0 radical (unpaired) electrons. The van der Waals surface area contributed by atoms with Crippen LogP contribution in [0.5, 0.6) is 5.75 Å². The number of carbonyl (C=O) groups excluding carboxylic acids is 1. The molecule has 1 N–H and O–H groups in total. The molecule has 1 heterocycles. The number of aryl methyl sites for hydroxylation is 1. The van der Waals surface area contributed by atoms with Gasteiger partial charge in [-0.2, -0.15) is 0 Å². The molecule has 36 heavy (non-hydrogen) atoms. The number of carbonyl (C=O) groups is 1. The van der Waals surface area contributed by atoms with Crippen LogP contribution in [-0.4, -0.2) is 12.1 Å². The van der Waals surface area contributed by atoms with Crippen LogP contribution < -0.4 is 10.1 Å². The predicted molar refractivity (Wildman–Crippen MR) is 148 cm³/mol. The molecule has 1 amide bonds. The first-order chi connectivity index (χ1) is 17.7. The van der Waals surface area contributed by atoms with E-state index in [4.69, 9.17) is 21.3 Å². The van der Waals surface area contributed by atoms with Crippen LogP contribution in [0.3, 0.4) is 0 Å². The number of halogens is 1. The second kappa shape index (κ2) is 11.5. The normalized spacial score (nSPS) is 12.9. The minimum Gasteiger partial charge on any atom is -0.488 e. The number of benzene rings is 3. The standard InChI is InChI=1S/C30H27ClN2O2S/c31-25-15-7-4-13-23(25)20-35-26-16-8-5-12-22(26)19-33-30-28(24-14-6-9-17-27(24)36-30)29(34)32-18-21-10-2-1-3-11-21/h1-5,7-8,10-13,15-16,19H,6,9,14,17-18,20H2,(H,32,34). The number of para-hydroxylation sites is 1. The third-order valence-corrected chi connectivity index (χ3v) is 7.83. The van der Waals surface area contributed by atoms with Gasteiger partial charge in [-0.3, -0.25) is 4.79 Å². The zero-order chi connectivity index (χ0) is 24.7. The molecule has 0 atom stereocenters. The number of nitrogens with one attached hydrogen (secondary N) is 1. The summed E-state index contributed by atoms with van der Waals surface area (Å²) in [7, 11) is 0. The molecule has 0 saturated heterocycles. The van der Waals surface area contributed by atoms with Crippen molar-refractivity contribution in [3.63, 3.8) is 0 Å². The smallest absolute Gasteiger partial charge is 0.254 e. The molecule has 0 aliphatic heterocycles. The molecule has 1 aliphatic rings. The number of hydrogen-bond donors (Lipinski definition) is 1. The summed E-state index contributed by atoms with van der Waals surface area (Å²) < 4.78 is 6.09. The molecule has 0 bridgehead atoms. The molecule has 0 spiro atoms. The van der Waals surface area contributed by atoms with E-state index in [1.807, 2.05) is 78.9 Å². The third-order valence-electron chi connectivity index (χ3n) is 6.26. The van der Waals surface area contributed by atoms with Crippen LogP contribution in [0.15, 0.2) is 83.9 Å². The third kappa shape index (κ3) is 5.69. The second-order valence-electron chi connectivity index (χ2n) is 8.74. The summed E-state index contributed by atoms with van der Waals surface area (Å²) in [4.78, 5) is 19.4. The van der Waals surface area contributed by atoms with Crippen molar-refractivity contribution in [1.82, 2.24) is 5.32 Å². The maximum atomic E-state index is 13.3. The van der Waals surface area contributed by atoms with Crippen molar-refractivity contribution in [2.24, 2.45) is 4.99 Å². The number of rotatable bonds is 8. The van der Waals surface area contributed by atoms with Crippen LogP contribution >= 0.6 is 22.9 Å². The first-order valence-electron chi connectivity index (χ1n) is 12.1. The molecule has 3 aromatic carbocycles. The molecule has 1 aliphatic carbocycles. The molecule has 182 valence electrons. The highest BCUT2D eigenvalue weighted by Crippen LogP contribution is 2.40. The van der Waals surface area contributed by atoms with E-state index >= 15 is 0 Å². The van der Waals surface area contributed by atoms with Gasteiger partial charge in [0.25, 0.3) is 5.91 Å². The van der Waals surface area contributed by atoms with Crippen molar-refractivity contribution in [2.75, 3.05) is 0 Å². The van der Waals surface area contributed by atoms with E-state index in [9.17, 15) is 4.79 Å². The number of hydrogen-bond acceptors (Lipinski definition) is 4. The Kier molecular flexibility index (Phi) is 7.79. The van der Waals surface area contributed by atoms with Crippen molar-refractivity contribution < 1.29 is 9.53 Å². The summed E-state index contributed by atoms with van der Waals surface area (Å²) in [6, 6.07) is 25.4. The van der Waals surface area contributed by atoms with Gasteiger partial charge in [0, 0.05) is 33.8 Å². The molecule has 0 fully saturated rings. The second-order valence-corrected chi connectivity index (χ2v) is 10.2. The van der Waals surface area contributed by atoms with Crippen molar-refractivity contribution >= 4 is 40.1 Å². The van der Waals surface area contributed by atoms with E-state index in [-0.39, 0.29) is 5.91 Å². The maximum Gasteiger partial charge on any atom is 0.254 e. The van der Waals surface area contributed by atoms with E-state index in [0.717, 1.165) is 64.3 Å². The monoisotopic (exact) mass is 514 g/mol. The van der Waals surface area contributed by atoms with Gasteiger partial charge in [0.2, 0.25) is 0 Å². The Morgan fingerprint density at radius 1 is 0.972 bits per heavy atom. The first kappa shape index (κ1) is 24.3. The molecule has 6 heteroatoms. The number of aliphatic imine (C=N–C) groups is 1. The average molecular weight is 515 g/mol. The SMILES string of the molecule is O=C(NCc1ccccc1)c1c(N=Cc2ccccc2OCc2ccccc2Cl)sc2c1CCCC2. The Labute approximate surface area is 220 Å². The topological polar surface area (TPSA) is 50.7 Å². The van der Waals surface area contributed by atoms with Gasteiger partial charge in [0.1, 0.15) is 17.4 Å². The van der Waals surface area contributed by atoms with E-state index < -0.39 is 0 Å². The fourth-order valence-electron chi connectivity index (χ4n) is 4.36. The van der Waals surface area contributed by atoms with Crippen LogP contribution in [-0.2, 0) is 26.0 Å².